The van der Waals surface area contributed by atoms with E-state index >= 15 is 0 Å². The highest BCUT2D eigenvalue weighted by atomic mass is 79.9. The number of hydrogen-bond acceptors (Lipinski definition) is 6. The summed E-state index contributed by atoms with van der Waals surface area (Å²) >= 11 is 3.37. The van der Waals surface area contributed by atoms with E-state index in [4.69, 9.17) is 9.47 Å². The fraction of sp³-hybridized carbons (Fsp3) is 0.500. The zero-order valence-corrected chi connectivity index (χ0v) is 18.5. The number of fused-ring (bicyclic) bond motifs is 1. The van der Waals surface area contributed by atoms with Gasteiger partial charge in [-0.15, -0.1) is 0 Å². The van der Waals surface area contributed by atoms with Gasteiger partial charge in [-0.1, -0.05) is 15.9 Å². The van der Waals surface area contributed by atoms with E-state index in [1.807, 2.05) is 0 Å². The zero-order chi connectivity index (χ0) is 22.0. The van der Waals surface area contributed by atoms with Crippen LogP contribution in [0.2, 0.25) is 0 Å². The lowest BCUT2D eigenvalue weighted by Crippen LogP contribution is -2.57. The number of benzene rings is 1. The summed E-state index contributed by atoms with van der Waals surface area (Å²) in [4.78, 5) is 56.1. The number of carbonyl (C=O) groups is 4. The second kappa shape index (κ2) is 9.23. The Labute approximate surface area is 187 Å². The maximum Gasteiger partial charge on any atom is 0.312 e. The van der Waals surface area contributed by atoms with E-state index in [2.05, 4.69) is 15.9 Å². The van der Waals surface area contributed by atoms with Crippen LogP contribution in [0.5, 0.6) is 5.75 Å². The summed E-state index contributed by atoms with van der Waals surface area (Å²) in [6.45, 7) is 2.65. The summed E-state index contributed by atoms with van der Waals surface area (Å²) in [5.41, 5.74) is 0.553. The molecule has 10 nitrogen and oxygen atoms in total. The predicted octanol–water partition coefficient (Wildman–Crippen LogP) is -0.296. The van der Waals surface area contributed by atoms with Crippen molar-refractivity contribution in [3.8, 4) is 5.75 Å². The third-order valence-electron chi connectivity index (χ3n) is 5.56. The van der Waals surface area contributed by atoms with Crippen molar-refractivity contribution in [3.05, 3.63) is 22.7 Å². The number of amides is 4. The molecule has 3 aliphatic rings. The van der Waals surface area contributed by atoms with Gasteiger partial charge >= 0.3 is 11.8 Å². The first-order chi connectivity index (χ1) is 14.9. The lowest BCUT2D eigenvalue weighted by atomic mass is 10.2. The van der Waals surface area contributed by atoms with Crippen molar-refractivity contribution in [3.63, 3.8) is 0 Å². The summed E-state index contributed by atoms with van der Waals surface area (Å²) < 4.78 is 11.5. The van der Waals surface area contributed by atoms with Gasteiger partial charge in [0.15, 0.2) is 6.61 Å². The van der Waals surface area contributed by atoms with Gasteiger partial charge in [0.1, 0.15) is 12.3 Å². The van der Waals surface area contributed by atoms with Gasteiger partial charge < -0.3 is 24.2 Å². The molecular weight excluding hydrogens is 472 g/mol. The van der Waals surface area contributed by atoms with Crippen LogP contribution in [-0.4, -0.2) is 104 Å². The Kier molecular flexibility index (Phi) is 6.42. The number of anilines is 1. The number of carbonyl (C=O) groups excluding carboxylic acids is 4. The van der Waals surface area contributed by atoms with Gasteiger partial charge in [-0.25, -0.2) is 0 Å². The molecule has 31 heavy (non-hydrogen) atoms. The molecule has 4 amide bonds. The molecule has 0 aliphatic carbocycles. The first-order valence-corrected chi connectivity index (χ1v) is 10.9. The molecule has 0 aromatic heterocycles. The number of nitrogens with zero attached hydrogens (tertiary/aromatic N) is 4. The van der Waals surface area contributed by atoms with Gasteiger partial charge in [-0.2, -0.15) is 0 Å². The first-order valence-electron chi connectivity index (χ1n) is 10.1. The molecule has 0 saturated carbocycles. The van der Waals surface area contributed by atoms with Crippen molar-refractivity contribution in [2.75, 3.05) is 70.5 Å². The van der Waals surface area contributed by atoms with Crippen LogP contribution in [0.4, 0.5) is 5.69 Å². The maximum atomic E-state index is 12.8. The van der Waals surface area contributed by atoms with Gasteiger partial charge in [-0.3, -0.25) is 24.1 Å². The van der Waals surface area contributed by atoms with E-state index in [0.29, 0.717) is 50.8 Å². The lowest BCUT2D eigenvalue weighted by Gasteiger charge is -2.37. The van der Waals surface area contributed by atoms with Crippen LogP contribution in [0.3, 0.4) is 0 Å². The minimum Gasteiger partial charge on any atom is -0.482 e. The normalized spacial score (nSPS) is 19.1. The highest BCUT2D eigenvalue weighted by Gasteiger charge is 2.33. The van der Waals surface area contributed by atoms with E-state index in [9.17, 15) is 19.2 Å². The average Bonchev–Trinajstić information content (AvgIpc) is 2.80. The fourth-order valence-corrected chi connectivity index (χ4v) is 4.12. The van der Waals surface area contributed by atoms with Crippen LogP contribution in [0, 0.1) is 0 Å². The van der Waals surface area contributed by atoms with E-state index in [-0.39, 0.29) is 38.1 Å². The SMILES string of the molecule is O=C(CN1C(=O)COc2cc(Br)ccc21)N1CCN(C(=O)C(=O)N2CCOCC2)CC1. The van der Waals surface area contributed by atoms with Gasteiger partial charge in [-0.05, 0) is 18.2 Å². The van der Waals surface area contributed by atoms with Gasteiger partial charge in [0.2, 0.25) is 5.91 Å². The maximum absolute atomic E-state index is 12.8. The molecule has 0 unspecified atom stereocenters. The number of halogens is 1. The second-order valence-corrected chi connectivity index (χ2v) is 8.37. The number of rotatable bonds is 2. The summed E-state index contributed by atoms with van der Waals surface area (Å²) in [7, 11) is 0. The second-order valence-electron chi connectivity index (χ2n) is 7.46. The average molecular weight is 495 g/mol. The zero-order valence-electron chi connectivity index (χ0n) is 16.9. The molecule has 3 aliphatic heterocycles. The Morgan fingerprint density at radius 2 is 1.52 bits per heavy atom. The molecule has 0 atom stereocenters. The van der Waals surface area contributed by atoms with Crippen LogP contribution >= 0.6 is 15.9 Å². The molecule has 0 bridgehead atoms. The van der Waals surface area contributed by atoms with E-state index in [1.54, 1.807) is 23.1 Å². The highest BCUT2D eigenvalue weighted by Crippen LogP contribution is 2.34. The molecule has 2 saturated heterocycles. The van der Waals surface area contributed by atoms with Crippen molar-refractivity contribution in [1.82, 2.24) is 14.7 Å². The molecule has 0 radical (unpaired) electrons. The Morgan fingerprint density at radius 1 is 0.903 bits per heavy atom. The first kappa shape index (κ1) is 21.6. The van der Waals surface area contributed by atoms with Crippen molar-refractivity contribution < 1.29 is 28.7 Å². The minimum atomic E-state index is -0.545. The van der Waals surface area contributed by atoms with Crippen LogP contribution < -0.4 is 9.64 Å². The third kappa shape index (κ3) is 4.67. The Morgan fingerprint density at radius 3 is 2.19 bits per heavy atom. The number of ether oxygens (including phenoxy) is 2. The molecule has 1 aromatic carbocycles. The largest absolute Gasteiger partial charge is 0.482 e. The lowest BCUT2D eigenvalue weighted by molar-refractivity contribution is -0.155. The van der Waals surface area contributed by atoms with Crippen LogP contribution in [0.25, 0.3) is 0 Å². The summed E-state index contributed by atoms with van der Waals surface area (Å²) in [6.07, 6.45) is 0. The number of piperazine rings is 1. The third-order valence-corrected chi connectivity index (χ3v) is 6.05. The van der Waals surface area contributed by atoms with Crippen molar-refractivity contribution in [2.24, 2.45) is 0 Å². The van der Waals surface area contributed by atoms with Crippen LogP contribution in [0.1, 0.15) is 0 Å². The molecule has 11 heteroatoms. The number of morpholine rings is 1. The topological polar surface area (TPSA) is 99.7 Å². The Bertz CT molecular complexity index is 896. The van der Waals surface area contributed by atoms with E-state index < -0.39 is 11.8 Å². The van der Waals surface area contributed by atoms with E-state index in [0.717, 1.165) is 4.47 Å². The van der Waals surface area contributed by atoms with Crippen LogP contribution in [-0.2, 0) is 23.9 Å². The molecule has 0 N–H and O–H groups in total. The molecule has 4 rings (SSSR count). The highest BCUT2D eigenvalue weighted by molar-refractivity contribution is 9.10. The Balaban J connectivity index is 1.33. The molecular formula is C20H23BrN4O6. The molecule has 166 valence electrons. The quantitative estimate of drug-likeness (QED) is 0.523. The number of hydrogen-bond donors (Lipinski definition) is 0. The molecule has 0 spiro atoms. The smallest absolute Gasteiger partial charge is 0.312 e. The summed E-state index contributed by atoms with van der Waals surface area (Å²) in [6, 6.07) is 5.28. The molecule has 3 heterocycles. The van der Waals surface area contributed by atoms with Crippen molar-refractivity contribution in [1.29, 1.82) is 0 Å². The Hall–Kier alpha value is -2.66. The molecule has 1 aromatic rings. The fourth-order valence-electron chi connectivity index (χ4n) is 3.78. The summed E-state index contributed by atoms with van der Waals surface area (Å²) in [5, 5.41) is 0. The molecule has 2 fully saturated rings. The van der Waals surface area contributed by atoms with Gasteiger partial charge in [0.05, 0.1) is 18.9 Å². The summed E-state index contributed by atoms with van der Waals surface area (Å²) in [5.74, 6) is -1.02. The van der Waals surface area contributed by atoms with Gasteiger partial charge in [0.25, 0.3) is 5.91 Å². The standard InChI is InChI=1S/C20H23BrN4O6/c21-14-1-2-15-16(11-14)31-13-18(27)25(15)12-17(26)22-3-5-23(6-4-22)19(28)20(29)24-7-9-30-10-8-24/h1-2,11H,3-10,12-13H2. The van der Waals surface area contributed by atoms with E-state index in [1.165, 1.54) is 14.7 Å². The van der Waals surface area contributed by atoms with Crippen LogP contribution in [0.15, 0.2) is 22.7 Å². The minimum absolute atomic E-state index is 0.0997. The van der Waals surface area contributed by atoms with Crippen molar-refractivity contribution >= 4 is 45.2 Å². The van der Waals surface area contributed by atoms with Crippen molar-refractivity contribution in [2.45, 2.75) is 0 Å². The van der Waals surface area contributed by atoms with Gasteiger partial charge in [0, 0.05) is 43.7 Å². The predicted molar refractivity (Wildman–Crippen MR) is 113 cm³/mol. The monoisotopic (exact) mass is 494 g/mol.